The summed E-state index contributed by atoms with van der Waals surface area (Å²) < 4.78 is 1.85. The number of imidazole rings is 1. The first-order valence-corrected chi connectivity index (χ1v) is 6.93. The van der Waals surface area contributed by atoms with Crippen molar-refractivity contribution in [3.05, 3.63) is 67.1 Å². The zero-order valence-corrected chi connectivity index (χ0v) is 11.7. The normalized spacial score (nSPS) is 10.9. The second-order valence-electron chi connectivity index (χ2n) is 4.94. The fourth-order valence-corrected chi connectivity index (χ4v) is 2.54. The minimum Gasteiger partial charge on any atom is -0.369 e. The van der Waals surface area contributed by atoms with Crippen LogP contribution >= 0.6 is 0 Å². The van der Waals surface area contributed by atoms with Crippen molar-refractivity contribution in [2.75, 3.05) is 5.73 Å². The molecule has 22 heavy (non-hydrogen) atoms. The molecule has 0 spiro atoms. The highest BCUT2D eigenvalue weighted by molar-refractivity contribution is 5.85. The number of pyridine rings is 2. The molecule has 0 aliphatic heterocycles. The molecule has 3 aromatic heterocycles. The topological polar surface area (TPSA) is 69.6 Å². The van der Waals surface area contributed by atoms with Gasteiger partial charge in [0.15, 0.2) is 0 Å². The van der Waals surface area contributed by atoms with Crippen molar-refractivity contribution in [2.45, 2.75) is 0 Å². The van der Waals surface area contributed by atoms with Gasteiger partial charge in [-0.15, -0.1) is 0 Å². The van der Waals surface area contributed by atoms with Gasteiger partial charge in [0.25, 0.3) is 0 Å². The summed E-state index contributed by atoms with van der Waals surface area (Å²) in [6.45, 7) is 0. The molecular formula is C17H13N5. The molecule has 0 aliphatic rings. The minimum atomic E-state index is 0.428. The number of hydrogen-bond donors (Lipinski definition) is 1. The Kier molecular flexibility index (Phi) is 2.83. The molecule has 0 atom stereocenters. The molecule has 5 nitrogen and oxygen atoms in total. The highest BCUT2D eigenvalue weighted by Crippen LogP contribution is 2.26. The van der Waals surface area contributed by atoms with E-state index in [-0.39, 0.29) is 0 Å². The van der Waals surface area contributed by atoms with Crippen molar-refractivity contribution in [1.29, 1.82) is 0 Å². The summed E-state index contributed by atoms with van der Waals surface area (Å²) >= 11 is 0. The average molecular weight is 287 g/mol. The van der Waals surface area contributed by atoms with Crippen molar-refractivity contribution in [3.8, 4) is 16.9 Å². The highest BCUT2D eigenvalue weighted by atomic mass is 15.2. The molecule has 0 saturated carbocycles. The summed E-state index contributed by atoms with van der Waals surface area (Å²) in [7, 11) is 0. The second kappa shape index (κ2) is 4.96. The van der Waals surface area contributed by atoms with Crippen molar-refractivity contribution in [1.82, 2.24) is 19.5 Å². The van der Waals surface area contributed by atoms with Crippen LogP contribution in [-0.4, -0.2) is 19.5 Å². The summed E-state index contributed by atoms with van der Waals surface area (Å²) in [5.41, 5.74) is 9.96. The average Bonchev–Trinajstić information content (AvgIpc) is 2.91. The summed E-state index contributed by atoms with van der Waals surface area (Å²) in [6, 6.07) is 15.7. The Bertz CT molecular complexity index is 929. The maximum Gasteiger partial charge on any atom is 0.207 e. The smallest absolute Gasteiger partial charge is 0.207 e. The van der Waals surface area contributed by atoms with Gasteiger partial charge in [-0.2, -0.15) is 0 Å². The van der Waals surface area contributed by atoms with Crippen LogP contribution in [0.15, 0.2) is 67.1 Å². The van der Waals surface area contributed by atoms with Crippen LogP contribution in [0.4, 0.5) is 5.95 Å². The van der Waals surface area contributed by atoms with Crippen LogP contribution in [0.2, 0.25) is 0 Å². The number of nitrogen functional groups attached to an aromatic ring is 1. The molecule has 0 fully saturated rings. The van der Waals surface area contributed by atoms with E-state index in [1.807, 2.05) is 59.3 Å². The summed E-state index contributed by atoms with van der Waals surface area (Å²) in [4.78, 5) is 13.0. The van der Waals surface area contributed by atoms with E-state index in [1.54, 1.807) is 12.4 Å². The lowest BCUT2D eigenvalue weighted by molar-refractivity contribution is 1.04. The molecular weight excluding hydrogens is 274 g/mol. The Morgan fingerprint density at radius 2 is 1.86 bits per heavy atom. The largest absolute Gasteiger partial charge is 0.369 e. The van der Waals surface area contributed by atoms with Gasteiger partial charge in [-0.25, -0.2) is 9.97 Å². The fraction of sp³-hybridized carbons (Fsp3) is 0. The monoisotopic (exact) mass is 287 g/mol. The Balaban J connectivity index is 1.90. The molecule has 0 unspecified atom stereocenters. The molecule has 0 aliphatic carbocycles. The van der Waals surface area contributed by atoms with Gasteiger partial charge in [0, 0.05) is 24.2 Å². The maximum atomic E-state index is 6.07. The van der Waals surface area contributed by atoms with Gasteiger partial charge in [-0.05, 0) is 35.9 Å². The first-order valence-electron chi connectivity index (χ1n) is 6.93. The first kappa shape index (κ1) is 12.5. The Hall–Kier alpha value is -3.21. The van der Waals surface area contributed by atoms with Crippen molar-refractivity contribution < 1.29 is 0 Å². The zero-order valence-electron chi connectivity index (χ0n) is 11.7. The second-order valence-corrected chi connectivity index (χ2v) is 4.94. The van der Waals surface area contributed by atoms with Crippen molar-refractivity contribution in [3.63, 3.8) is 0 Å². The molecule has 0 radical (unpaired) electrons. The van der Waals surface area contributed by atoms with Gasteiger partial charge >= 0.3 is 0 Å². The van der Waals surface area contributed by atoms with Crippen LogP contribution in [0.3, 0.4) is 0 Å². The van der Waals surface area contributed by atoms with E-state index in [2.05, 4.69) is 15.0 Å². The quantitative estimate of drug-likeness (QED) is 0.615. The van der Waals surface area contributed by atoms with E-state index in [1.165, 1.54) is 0 Å². The summed E-state index contributed by atoms with van der Waals surface area (Å²) in [6.07, 6.45) is 5.33. The summed E-state index contributed by atoms with van der Waals surface area (Å²) in [5, 5.41) is 0. The third-order valence-electron chi connectivity index (χ3n) is 3.55. The van der Waals surface area contributed by atoms with Crippen LogP contribution in [0, 0.1) is 0 Å². The number of fused-ring (bicyclic) bond motifs is 1. The lowest BCUT2D eigenvalue weighted by Gasteiger charge is -2.05. The zero-order chi connectivity index (χ0) is 14.9. The van der Waals surface area contributed by atoms with Gasteiger partial charge in [-0.3, -0.25) is 9.55 Å². The number of aromatic nitrogens is 4. The van der Waals surface area contributed by atoms with E-state index >= 15 is 0 Å². The lowest BCUT2D eigenvalue weighted by atomic mass is 10.1. The van der Waals surface area contributed by atoms with Gasteiger partial charge in [0.05, 0.1) is 11.0 Å². The van der Waals surface area contributed by atoms with Gasteiger partial charge in [0.2, 0.25) is 5.95 Å². The third-order valence-corrected chi connectivity index (χ3v) is 3.55. The molecule has 106 valence electrons. The van der Waals surface area contributed by atoms with E-state index in [0.717, 1.165) is 28.0 Å². The number of rotatable bonds is 2. The van der Waals surface area contributed by atoms with Crippen LogP contribution in [-0.2, 0) is 0 Å². The van der Waals surface area contributed by atoms with Gasteiger partial charge < -0.3 is 5.73 Å². The third kappa shape index (κ3) is 2.00. The van der Waals surface area contributed by atoms with Crippen LogP contribution in [0.5, 0.6) is 0 Å². The number of anilines is 1. The molecule has 0 bridgehead atoms. The molecule has 5 heteroatoms. The molecule has 4 rings (SSSR count). The molecule has 2 N–H and O–H groups in total. The first-order chi connectivity index (χ1) is 10.8. The van der Waals surface area contributed by atoms with E-state index in [4.69, 9.17) is 5.73 Å². The highest BCUT2D eigenvalue weighted by Gasteiger charge is 2.11. The number of hydrogen-bond acceptors (Lipinski definition) is 4. The molecule has 3 heterocycles. The predicted octanol–water partition coefficient (Wildman–Crippen LogP) is 3.06. The number of nitrogens with two attached hydrogens (primary N) is 1. The number of benzene rings is 1. The van der Waals surface area contributed by atoms with Crippen LogP contribution in [0.25, 0.3) is 28.0 Å². The van der Waals surface area contributed by atoms with Crippen molar-refractivity contribution in [2.24, 2.45) is 0 Å². The number of nitrogens with zero attached hydrogens (tertiary/aromatic N) is 4. The Labute approximate surface area is 127 Å². The fourth-order valence-electron chi connectivity index (χ4n) is 2.54. The Morgan fingerprint density at radius 3 is 2.64 bits per heavy atom. The molecule has 1 aromatic carbocycles. The minimum absolute atomic E-state index is 0.428. The van der Waals surface area contributed by atoms with E-state index in [9.17, 15) is 0 Å². The standard InChI is InChI=1S/C17H13N5/c18-17-21-14-10-12(13-4-3-8-19-11-13)6-7-15(14)22(17)16-5-1-2-9-20-16/h1-11H,(H2,18,21). The SMILES string of the molecule is Nc1nc2cc(-c3cccnc3)ccc2n1-c1ccccn1. The maximum absolute atomic E-state index is 6.07. The van der Waals surface area contributed by atoms with Gasteiger partial charge in [0.1, 0.15) is 5.82 Å². The molecule has 0 saturated heterocycles. The molecule has 4 aromatic rings. The van der Waals surface area contributed by atoms with Crippen LogP contribution in [0.1, 0.15) is 0 Å². The lowest BCUT2D eigenvalue weighted by Crippen LogP contribution is -2.02. The summed E-state index contributed by atoms with van der Waals surface area (Å²) in [5.74, 6) is 1.19. The van der Waals surface area contributed by atoms with Gasteiger partial charge in [-0.1, -0.05) is 18.2 Å². The Morgan fingerprint density at radius 1 is 0.909 bits per heavy atom. The van der Waals surface area contributed by atoms with E-state index < -0.39 is 0 Å². The van der Waals surface area contributed by atoms with Crippen LogP contribution < -0.4 is 5.73 Å². The van der Waals surface area contributed by atoms with Crippen molar-refractivity contribution >= 4 is 17.0 Å². The predicted molar refractivity (Wildman–Crippen MR) is 86.5 cm³/mol. The molecule has 0 amide bonds. The van der Waals surface area contributed by atoms with E-state index in [0.29, 0.717) is 5.95 Å².